The molecule has 0 fully saturated rings. The lowest BCUT2D eigenvalue weighted by Gasteiger charge is -2.03. The molecule has 0 saturated carbocycles. The van der Waals surface area contributed by atoms with Crippen LogP contribution in [0.4, 0.5) is 5.69 Å². The van der Waals surface area contributed by atoms with Gasteiger partial charge >= 0.3 is 5.97 Å². The normalized spacial score (nSPS) is 10.5. The standard InChI is InChI=1S/C16H12N2O5S/c1-10-4-5-11(7-13(10)18(20)21)16(19)23-9-12-8-22-15(17-12)14-3-2-6-24-14/h2-8H,9H2,1H3. The van der Waals surface area contributed by atoms with E-state index in [0.29, 0.717) is 17.1 Å². The molecule has 0 N–H and O–H groups in total. The van der Waals surface area contributed by atoms with E-state index in [1.54, 1.807) is 6.92 Å². The minimum Gasteiger partial charge on any atom is -0.455 e. The second-order valence-corrected chi connectivity index (χ2v) is 5.90. The molecular formula is C16H12N2O5S. The highest BCUT2D eigenvalue weighted by Crippen LogP contribution is 2.24. The van der Waals surface area contributed by atoms with E-state index >= 15 is 0 Å². The first kappa shape index (κ1) is 15.9. The highest BCUT2D eigenvalue weighted by molar-refractivity contribution is 7.13. The molecule has 0 spiro atoms. The molecule has 0 amide bonds. The Balaban J connectivity index is 1.68. The SMILES string of the molecule is Cc1ccc(C(=O)OCc2coc(-c3cccs3)n2)cc1[N+](=O)[O-]. The minimum atomic E-state index is -0.654. The number of hydrogen-bond acceptors (Lipinski definition) is 7. The fraction of sp³-hybridized carbons (Fsp3) is 0.125. The van der Waals surface area contributed by atoms with E-state index in [4.69, 9.17) is 9.15 Å². The molecule has 0 unspecified atom stereocenters. The van der Waals surface area contributed by atoms with Gasteiger partial charge in [0.2, 0.25) is 5.89 Å². The van der Waals surface area contributed by atoms with Crippen LogP contribution < -0.4 is 0 Å². The molecule has 0 aliphatic carbocycles. The second kappa shape index (κ2) is 6.63. The van der Waals surface area contributed by atoms with Gasteiger partial charge in [0, 0.05) is 11.6 Å². The van der Waals surface area contributed by atoms with Crippen LogP contribution in [0.5, 0.6) is 0 Å². The summed E-state index contributed by atoms with van der Waals surface area (Å²) >= 11 is 1.49. The van der Waals surface area contributed by atoms with Gasteiger partial charge in [-0.3, -0.25) is 10.1 Å². The Morgan fingerprint density at radius 3 is 2.96 bits per heavy atom. The maximum atomic E-state index is 12.0. The Morgan fingerprint density at radius 2 is 2.25 bits per heavy atom. The van der Waals surface area contributed by atoms with E-state index < -0.39 is 10.9 Å². The van der Waals surface area contributed by atoms with E-state index in [1.165, 1.54) is 35.8 Å². The molecule has 0 atom stereocenters. The first-order chi connectivity index (χ1) is 11.5. The number of benzene rings is 1. The highest BCUT2D eigenvalue weighted by Gasteiger charge is 2.16. The maximum Gasteiger partial charge on any atom is 0.338 e. The molecule has 122 valence electrons. The average Bonchev–Trinajstić information content (AvgIpc) is 3.24. The van der Waals surface area contributed by atoms with E-state index in [9.17, 15) is 14.9 Å². The molecule has 3 aromatic rings. The zero-order chi connectivity index (χ0) is 17.1. The van der Waals surface area contributed by atoms with Crippen LogP contribution in [0.1, 0.15) is 21.6 Å². The minimum absolute atomic E-state index is 0.0740. The molecule has 0 bridgehead atoms. The van der Waals surface area contributed by atoms with Gasteiger partial charge in [-0.15, -0.1) is 11.3 Å². The van der Waals surface area contributed by atoms with E-state index in [2.05, 4.69) is 4.98 Å². The first-order valence-electron chi connectivity index (χ1n) is 6.95. The van der Waals surface area contributed by atoms with Crippen LogP contribution in [0.15, 0.2) is 46.4 Å². The summed E-state index contributed by atoms with van der Waals surface area (Å²) in [5, 5.41) is 12.8. The summed E-state index contributed by atoms with van der Waals surface area (Å²) in [6, 6.07) is 7.97. The second-order valence-electron chi connectivity index (χ2n) is 4.96. The molecular weight excluding hydrogens is 332 g/mol. The van der Waals surface area contributed by atoms with Gasteiger partial charge in [-0.2, -0.15) is 0 Å². The van der Waals surface area contributed by atoms with Crippen LogP contribution in [-0.2, 0) is 11.3 Å². The van der Waals surface area contributed by atoms with Gasteiger partial charge in [0.05, 0.1) is 15.4 Å². The Bertz CT molecular complexity index is 886. The van der Waals surface area contributed by atoms with Crippen LogP contribution in [0.3, 0.4) is 0 Å². The predicted molar refractivity (Wildman–Crippen MR) is 86.8 cm³/mol. The molecule has 3 rings (SSSR count). The van der Waals surface area contributed by atoms with Gasteiger partial charge in [0.25, 0.3) is 5.69 Å². The van der Waals surface area contributed by atoms with Crippen LogP contribution in [-0.4, -0.2) is 15.9 Å². The number of aromatic nitrogens is 1. The van der Waals surface area contributed by atoms with Crippen molar-refractivity contribution in [2.45, 2.75) is 13.5 Å². The zero-order valence-corrected chi connectivity index (χ0v) is 13.4. The Kier molecular flexibility index (Phi) is 4.39. The molecule has 0 aliphatic heterocycles. The third kappa shape index (κ3) is 3.33. The van der Waals surface area contributed by atoms with Crippen LogP contribution in [0.25, 0.3) is 10.8 Å². The third-order valence-electron chi connectivity index (χ3n) is 3.28. The van der Waals surface area contributed by atoms with Crippen molar-refractivity contribution in [2.75, 3.05) is 0 Å². The third-order valence-corrected chi connectivity index (χ3v) is 4.13. The molecule has 0 saturated heterocycles. The zero-order valence-electron chi connectivity index (χ0n) is 12.6. The summed E-state index contributed by atoms with van der Waals surface area (Å²) in [6.07, 6.45) is 1.42. The number of carbonyl (C=O) groups excluding carboxylic acids is 1. The Labute approximate surface area is 140 Å². The smallest absolute Gasteiger partial charge is 0.338 e. The molecule has 2 heterocycles. The number of thiophene rings is 1. The fourth-order valence-corrected chi connectivity index (χ4v) is 2.70. The van der Waals surface area contributed by atoms with Crippen molar-refractivity contribution >= 4 is 23.0 Å². The van der Waals surface area contributed by atoms with Crippen molar-refractivity contribution in [3.05, 3.63) is 68.9 Å². The van der Waals surface area contributed by atoms with Crippen molar-refractivity contribution in [3.63, 3.8) is 0 Å². The lowest BCUT2D eigenvalue weighted by Crippen LogP contribution is -2.06. The summed E-state index contributed by atoms with van der Waals surface area (Å²) in [6.45, 7) is 1.53. The Morgan fingerprint density at radius 1 is 1.42 bits per heavy atom. The molecule has 24 heavy (non-hydrogen) atoms. The summed E-state index contributed by atoms with van der Waals surface area (Å²) in [5.74, 6) is -0.194. The number of nitro benzene ring substituents is 1. The van der Waals surface area contributed by atoms with E-state index in [0.717, 1.165) is 4.88 Å². The van der Waals surface area contributed by atoms with Crippen LogP contribution >= 0.6 is 11.3 Å². The van der Waals surface area contributed by atoms with Crippen molar-refractivity contribution in [2.24, 2.45) is 0 Å². The largest absolute Gasteiger partial charge is 0.455 e. The molecule has 8 heteroatoms. The monoisotopic (exact) mass is 344 g/mol. The van der Waals surface area contributed by atoms with Crippen LogP contribution in [0, 0.1) is 17.0 Å². The number of rotatable bonds is 5. The summed E-state index contributed by atoms with van der Waals surface area (Å²) in [5.41, 5.74) is 0.946. The van der Waals surface area contributed by atoms with Gasteiger partial charge in [-0.05, 0) is 24.4 Å². The number of aryl methyl sites for hydroxylation is 1. The number of esters is 1. The Hall–Kier alpha value is -3.00. The number of ether oxygens (including phenoxy) is 1. The molecule has 0 aliphatic rings. The van der Waals surface area contributed by atoms with Gasteiger partial charge in [-0.1, -0.05) is 12.1 Å². The quantitative estimate of drug-likeness (QED) is 0.395. The average molecular weight is 344 g/mol. The predicted octanol–water partition coefficient (Wildman–Crippen LogP) is 3.98. The summed E-state index contributed by atoms with van der Waals surface area (Å²) in [7, 11) is 0. The van der Waals surface area contributed by atoms with Crippen molar-refractivity contribution in [1.29, 1.82) is 0 Å². The number of carbonyl (C=O) groups is 1. The highest BCUT2D eigenvalue weighted by atomic mass is 32.1. The number of nitro groups is 1. The summed E-state index contributed by atoms with van der Waals surface area (Å²) in [4.78, 5) is 27.5. The van der Waals surface area contributed by atoms with E-state index in [-0.39, 0.29) is 17.9 Å². The lowest BCUT2D eigenvalue weighted by molar-refractivity contribution is -0.385. The summed E-state index contributed by atoms with van der Waals surface area (Å²) < 4.78 is 10.5. The molecule has 7 nitrogen and oxygen atoms in total. The maximum absolute atomic E-state index is 12.0. The van der Waals surface area contributed by atoms with Gasteiger partial charge in [0.1, 0.15) is 18.6 Å². The van der Waals surface area contributed by atoms with Crippen molar-refractivity contribution in [3.8, 4) is 10.8 Å². The van der Waals surface area contributed by atoms with Crippen LogP contribution in [0.2, 0.25) is 0 Å². The number of nitrogens with zero attached hydrogens (tertiary/aromatic N) is 2. The number of hydrogen-bond donors (Lipinski definition) is 0. The van der Waals surface area contributed by atoms with Gasteiger partial charge in [-0.25, -0.2) is 9.78 Å². The van der Waals surface area contributed by atoms with E-state index in [1.807, 2.05) is 17.5 Å². The molecule has 0 radical (unpaired) electrons. The molecule has 2 aromatic heterocycles. The number of oxazole rings is 1. The topological polar surface area (TPSA) is 95.5 Å². The van der Waals surface area contributed by atoms with Crippen molar-refractivity contribution < 1.29 is 18.9 Å². The van der Waals surface area contributed by atoms with Gasteiger partial charge in [0.15, 0.2) is 0 Å². The first-order valence-corrected chi connectivity index (χ1v) is 7.83. The van der Waals surface area contributed by atoms with Gasteiger partial charge < -0.3 is 9.15 Å². The fourth-order valence-electron chi connectivity index (χ4n) is 2.04. The van der Waals surface area contributed by atoms with Crippen molar-refractivity contribution in [1.82, 2.24) is 4.98 Å². The lowest BCUT2D eigenvalue weighted by atomic mass is 10.1. The molecule has 1 aromatic carbocycles.